The molecule has 0 aromatic heterocycles. The van der Waals surface area contributed by atoms with Crippen LogP contribution < -0.4 is 5.32 Å². The number of nitrogens with one attached hydrogen (secondary N) is 1. The summed E-state index contributed by atoms with van der Waals surface area (Å²) in [4.78, 5) is 15.1. The third-order valence-electron chi connectivity index (χ3n) is 6.34. The zero-order chi connectivity index (χ0) is 21.5. The lowest BCUT2D eigenvalue weighted by Crippen LogP contribution is -2.33. The average molecular weight is 413 g/mol. The highest BCUT2D eigenvalue weighted by molar-refractivity contribution is 5.94. The molecule has 0 unspecified atom stereocenters. The van der Waals surface area contributed by atoms with Crippen molar-refractivity contribution in [1.29, 1.82) is 0 Å². The lowest BCUT2D eigenvalue weighted by atomic mass is 9.90. The van der Waals surface area contributed by atoms with E-state index in [4.69, 9.17) is 0 Å². The third-order valence-corrected chi connectivity index (χ3v) is 6.34. The smallest absolute Gasteiger partial charge is 0.251 e. The predicted molar refractivity (Wildman–Crippen MR) is 127 cm³/mol. The highest BCUT2D eigenvalue weighted by atomic mass is 16.1. The van der Waals surface area contributed by atoms with Gasteiger partial charge in [0.25, 0.3) is 5.91 Å². The van der Waals surface area contributed by atoms with Crippen molar-refractivity contribution in [3.8, 4) is 0 Å². The summed E-state index contributed by atoms with van der Waals surface area (Å²) in [5.41, 5.74) is 4.56. The fraction of sp³-hybridized carbons (Fsp3) is 0.321. The number of likely N-dealkylation sites (tertiary alicyclic amines) is 1. The van der Waals surface area contributed by atoms with Gasteiger partial charge in [-0.25, -0.2) is 0 Å². The Kier molecular flexibility index (Phi) is 7.16. The van der Waals surface area contributed by atoms with Crippen molar-refractivity contribution in [3.05, 3.63) is 107 Å². The van der Waals surface area contributed by atoms with E-state index in [1.807, 2.05) is 49.4 Å². The number of nitrogens with zero attached hydrogens (tertiary/aromatic N) is 1. The SMILES string of the molecule is C[C@H](NC(=O)c1ccc(CN2CCC(Cc3ccccc3)CC2)cc1)c1ccccc1. The van der Waals surface area contributed by atoms with E-state index in [0.717, 1.165) is 31.1 Å². The van der Waals surface area contributed by atoms with Gasteiger partial charge >= 0.3 is 0 Å². The Morgan fingerprint density at radius 3 is 2.13 bits per heavy atom. The lowest BCUT2D eigenvalue weighted by Gasteiger charge is -2.32. The largest absolute Gasteiger partial charge is 0.346 e. The Labute approximate surface area is 186 Å². The number of hydrogen-bond acceptors (Lipinski definition) is 2. The minimum atomic E-state index is -0.0235. The molecule has 0 saturated carbocycles. The minimum Gasteiger partial charge on any atom is -0.346 e. The molecule has 1 atom stereocenters. The first kappa shape index (κ1) is 21.3. The summed E-state index contributed by atoms with van der Waals surface area (Å²) < 4.78 is 0. The molecule has 160 valence electrons. The fourth-order valence-electron chi connectivity index (χ4n) is 4.42. The molecule has 0 aliphatic carbocycles. The predicted octanol–water partition coefficient (Wildman–Crippen LogP) is 5.63. The van der Waals surface area contributed by atoms with E-state index in [1.54, 1.807) is 0 Å². The molecular weight excluding hydrogens is 380 g/mol. The summed E-state index contributed by atoms with van der Waals surface area (Å²) in [6.45, 7) is 5.27. The molecule has 3 nitrogen and oxygen atoms in total. The second kappa shape index (κ2) is 10.4. The zero-order valence-corrected chi connectivity index (χ0v) is 18.3. The zero-order valence-electron chi connectivity index (χ0n) is 18.3. The molecule has 1 heterocycles. The Bertz CT molecular complexity index is 945. The van der Waals surface area contributed by atoms with Crippen molar-refractivity contribution >= 4 is 5.91 Å². The number of piperidine rings is 1. The first-order valence-corrected chi connectivity index (χ1v) is 11.4. The van der Waals surface area contributed by atoms with Gasteiger partial charge in [-0.15, -0.1) is 0 Å². The first-order valence-electron chi connectivity index (χ1n) is 11.4. The molecule has 0 spiro atoms. The summed E-state index contributed by atoms with van der Waals surface area (Å²) in [7, 11) is 0. The second-order valence-corrected chi connectivity index (χ2v) is 8.71. The number of rotatable bonds is 7. The van der Waals surface area contributed by atoms with Gasteiger partial charge in [0.1, 0.15) is 0 Å². The van der Waals surface area contributed by atoms with Crippen LogP contribution in [-0.4, -0.2) is 23.9 Å². The molecule has 0 radical (unpaired) electrons. The molecule has 1 amide bonds. The average Bonchev–Trinajstić information content (AvgIpc) is 2.82. The van der Waals surface area contributed by atoms with Crippen LogP contribution >= 0.6 is 0 Å². The number of amides is 1. The van der Waals surface area contributed by atoms with Crippen LogP contribution in [0.4, 0.5) is 0 Å². The molecule has 1 N–H and O–H groups in total. The molecule has 3 heteroatoms. The topological polar surface area (TPSA) is 32.3 Å². The van der Waals surface area contributed by atoms with Gasteiger partial charge in [-0.2, -0.15) is 0 Å². The van der Waals surface area contributed by atoms with Gasteiger partial charge < -0.3 is 5.32 Å². The Balaban J connectivity index is 1.25. The molecule has 4 rings (SSSR count). The maximum atomic E-state index is 12.6. The van der Waals surface area contributed by atoms with E-state index in [0.29, 0.717) is 5.56 Å². The fourth-order valence-corrected chi connectivity index (χ4v) is 4.42. The molecule has 3 aromatic rings. The van der Waals surface area contributed by atoms with Gasteiger partial charge in [0.15, 0.2) is 0 Å². The molecule has 31 heavy (non-hydrogen) atoms. The van der Waals surface area contributed by atoms with Crippen LogP contribution in [0.25, 0.3) is 0 Å². The van der Waals surface area contributed by atoms with Crippen LogP contribution in [0.5, 0.6) is 0 Å². The highest BCUT2D eigenvalue weighted by Crippen LogP contribution is 2.23. The van der Waals surface area contributed by atoms with Gasteiger partial charge in [0, 0.05) is 12.1 Å². The van der Waals surface area contributed by atoms with E-state index >= 15 is 0 Å². The normalized spacial score (nSPS) is 16.0. The number of carbonyl (C=O) groups excluding carboxylic acids is 1. The minimum absolute atomic E-state index is 0.00874. The molecule has 1 aliphatic heterocycles. The van der Waals surface area contributed by atoms with E-state index in [1.165, 1.54) is 30.4 Å². The van der Waals surface area contributed by atoms with E-state index in [9.17, 15) is 4.79 Å². The monoisotopic (exact) mass is 412 g/mol. The van der Waals surface area contributed by atoms with Crippen molar-refractivity contribution in [2.45, 2.75) is 38.8 Å². The molecule has 1 aliphatic rings. The summed E-state index contributed by atoms with van der Waals surface area (Å²) in [6.07, 6.45) is 3.71. The maximum absolute atomic E-state index is 12.6. The summed E-state index contributed by atoms with van der Waals surface area (Å²) in [6, 6.07) is 29.0. The Morgan fingerprint density at radius 2 is 1.48 bits per heavy atom. The molecule has 0 bridgehead atoms. The molecular formula is C28H32N2O. The van der Waals surface area contributed by atoms with Crippen LogP contribution in [0.3, 0.4) is 0 Å². The quantitative estimate of drug-likeness (QED) is 0.545. The van der Waals surface area contributed by atoms with Crippen molar-refractivity contribution in [3.63, 3.8) is 0 Å². The number of carbonyl (C=O) groups is 1. The summed E-state index contributed by atoms with van der Waals surface area (Å²) in [5.74, 6) is 0.765. The van der Waals surface area contributed by atoms with Crippen molar-refractivity contribution in [2.24, 2.45) is 5.92 Å². The van der Waals surface area contributed by atoms with Crippen LogP contribution in [0, 0.1) is 5.92 Å². The third kappa shape index (κ3) is 6.05. The van der Waals surface area contributed by atoms with Crippen molar-refractivity contribution in [2.75, 3.05) is 13.1 Å². The van der Waals surface area contributed by atoms with E-state index < -0.39 is 0 Å². The maximum Gasteiger partial charge on any atom is 0.251 e. The van der Waals surface area contributed by atoms with Crippen molar-refractivity contribution in [1.82, 2.24) is 10.2 Å². The summed E-state index contributed by atoms with van der Waals surface area (Å²) >= 11 is 0. The van der Waals surface area contributed by atoms with Gasteiger partial charge in [0.2, 0.25) is 0 Å². The lowest BCUT2D eigenvalue weighted by molar-refractivity contribution is 0.0940. The van der Waals surface area contributed by atoms with Crippen LogP contribution in [-0.2, 0) is 13.0 Å². The highest BCUT2D eigenvalue weighted by Gasteiger charge is 2.19. The molecule has 1 fully saturated rings. The van der Waals surface area contributed by atoms with E-state index in [-0.39, 0.29) is 11.9 Å². The van der Waals surface area contributed by atoms with Crippen LogP contribution in [0.15, 0.2) is 84.9 Å². The van der Waals surface area contributed by atoms with Gasteiger partial charge in [-0.1, -0.05) is 72.8 Å². The van der Waals surface area contributed by atoms with Gasteiger partial charge in [0.05, 0.1) is 6.04 Å². The number of hydrogen-bond donors (Lipinski definition) is 1. The molecule has 3 aromatic carbocycles. The van der Waals surface area contributed by atoms with Gasteiger partial charge in [-0.3, -0.25) is 9.69 Å². The van der Waals surface area contributed by atoms with Crippen LogP contribution in [0.1, 0.15) is 52.9 Å². The van der Waals surface area contributed by atoms with E-state index in [2.05, 4.69) is 52.7 Å². The standard InChI is InChI=1S/C28H32N2O/c1-22(26-10-6-3-7-11-26)29-28(31)27-14-12-25(13-15-27)21-30-18-16-24(17-19-30)20-23-8-4-2-5-9-23/h2-15,22,24H,16-21H2,1H3,(H,29,31)/t22-/m0/s1. The van der Waals surface area contributed by atoms with Crippen molar-refractivity contribution < 1.29 is 4.79 Å². The second-order valence-electron chi connectivity index (χ2n) is 8.71. The first-order chi connectivity index (χ1) is 15.2. The Morgan fingerprint density at radius 1 is 0.871 bits per heavy atom. The van der Waals surface area contributed by atoms with Gasteiger partial charge in [-0.05, 0) is 74.0 Å². The summed E-state index contributed by atoms with van der Waals surface area (Å²) in [5, 5.41) is 3.09. The number of benzene rings is 3. The molecule has 1 saturated heterocycles. The Hall–Kier alpha value is -2.91. The van der Waals surface area contributed by atoms with Crippen LogP contribution in [0.2, 0.25) is 0 Å².